The Morgan fingerprint density at radius 3 is 1.92 bits per heavy atom. The second kappa shape index (κ2) is 5.27. The molecule has 0 N–H and O–H groups in total. The number of benzene rings is 1. The summed E-state index contributed by atoms with van der Waals surface area (Å²) in [6.07, 6.45) is 5.24. The fraction of sp³-hybridized carbons (Fsp3) is 0.700. The summed E-state index contributed by atoms with van der Waals surface area (Å²) in [4.78, 5) is 0. The van der Waals surface area contributed by atoms with Crippen molar-refractivity contribution >= 4 is 0 Å². The van der Waals surface area contributed by atoms with E-state index in [1.165, 1.54) is 11.1 Å². The number of hydrogen-bond acceptors (Lipinski definition) is 5. The summed E-state index contributed by atoms with van der Waals surface area (Å²) >= 11 is 0. The molecule has 5 heterocycles. The van der Waals surface area contributed by atoms with Crippen LogP contribution in [0, 0.1) is 0 Å². The molecule has 5 atom stereocenters. The Bertz CT molecular complexity index is 660. The second-order valence-electron chi connectivity index (χ2n) is 8.22. The molecule has 1 aromatic carbocycles. The molecular weight excluding hydrogens is 320 g/mol. The molecule has 0 bridgehead atoms. The molecule has 5 fully saturated rings. The van der Waals surface area contributed by atoms with Crippen LogP contribution in [0.5, 0.6) is 0 Å². The van der Waals surface area contributed by atoms with E-state index in [-0.39, 0.29) is 11.2 Å². The highest BCUT2D eigenvalue weighted by molar-refractivity contribution is 5.42. The molecule has 0 aliphatic carbocycles. The lowest BCUT2D eigenvalue weighted by atomic mass is 9.76. The fourth-order valence-electron chi connectivity index (χ4n) is 4.58. The smallest absolute Gasteiger partial charge is 0.126 e. The average molecular weight is 344 g/mol. The fourth-order valence-corrected chi connectivity index (χ4v) is 4.58. The Balaban J connectivity index is 1.37. The zero-order chi connectivity index (χ0) is 16.5. The lowest BCUT2D eigenvalue weighted by molar-refractivity contribution is 0.212. The highest BCUT2D eigenvalue weighted by atomic mass is 16.6. The van der Waals surface area contributed by atoms with Crippen molar-refractivity contribution in [3.63, 3.8) is 0 Å². The van der Waals surface area contributed by atoms with Gasteiger partial charge in [-0.3, -0.25) is 0 Å². The Morgan fingerprint density at radius 2 is 1.32 bits per heavy atom. The van der Waals surface area contributed by atoms with Gasteiger partial charge in [0, 0.05) is 25.7 Å². The molecule has 0 aromatic heterocycles. The minimum absolute atomic E-state index is 0.165. The van der Waals surface area contributed by atoms with Crippen LogP contribution in [-0.2, 0) is 35.7 Å². The summed E-state index contributed by atoms with van der Waals surface area (Å²) in [6, 6.07) is 8.75. The molecular formula is C20H24O5. The number of hydrogen-bond donors (Lipinski definition) is 0. The molecule has 5 saturated heterocycles. The number of rotatable bonds is 9. The summed E-state index contributed by atoms with van der Waals surface area (Å²) in [5.41, 5.74) is 2.28. The Morgan fingerprint density at radius 1 is 0.760 bits per heavy atom. The minimum Gasteiger partial charge on any atom is -0.373 e. The lowest BCUT2D eigenvalue weighted by Gasteiger charge is -2.22. The molecule has 5 nitrogen and oxygen atoms in total. The van der Waals surface area contributed by atoms with Gasteiger partial charge in [-0.2, -0.15) is 0 Å². The standard InChI is InChI=1S/C20H24O5/c1-2-4-18(13(3-1)5-14-9-21-14)20(8-17-12-24-17)19(25-20,6-15-10-22-15)7-16-11-23-16/h1-4,14-17H,5-12H2. The Labute approximate surface area is 147 Å². The van der Waals surface area contributed by atoms with Crippen molar-refractivity contribution < 1.29 is 23.7 Å². The van der Waals surface area contributed by atoms with Gasteiger partial charge in [0.05, 0.1) is 50.8 Å². The molecule has 5 aliphatic rings. The zero-order valence-corrected chi connectivity index (χ0v) is 14.3. The van der Waals surface area contributed by atoms with Crippen LogP contribution in [0.4, 0.5) is 0 Å². The number of epoxide rings is 5. The van der Waals surface area contributed by atoms with Crippen molar-refractivity contribution in [3.05, 3.63) is 35.4 Å². The first-order chi connectivity index (χ1) is 12.3. The quantitative estimate of drug-likeness (QED) is 0.641. The molecule has 5 heteroatoms. The normalized spacial score (nSPS) is 45.9. The maximum absolute atomic E-state index is 6.69. The molecule has 5 unspecified atom stereocenters. The first-order valence-electron chi connectivity index (χ1n) is 9.51. The molecule has 0 amide bonds. The number of ether oxygens (including phenoxy) is 5. The topological polar surface area (TPSA) is 62.6 Å². The minimum atomic E-state index is -0.252. The van der Waals surface area contributed by atoms with Crippen molar-refractivity contribution in [1.82, 2.24) is 0 Å². The van der Waals surface area contributed by atoms with Gasteiger partial charge in [0.1, 0.15) is 11.2 Å². The van der Waals surface area contributed by atoms with E-state index in [4.69, 9.17) is 23.7 Å². The van der Waals surface area contributed by atoms with Gasteiger partial charge < -0.3 is 23.7 Å². The van der Waals surface area contributed by atoms with Crippen LogP contribution < -0.4 is 0 Å². The summed E-state index contributed by atoms with van der Waals surface area (Å²) in [5, 5.41) is 0. The predicted molar refractivity (Wildman–Crippen MR) is 88.5 cm³/mol. The van der Waals surface area contributed by atoms with Crippen molar-refractivity contribution in [2.75, 3.05) is 26.4 Å². The largest absolute Gasteiger partial charge is 0.373 e. The summed E-state index contributed by atoms with van der Waals surface area (Å²) < 4.78 is 28.9. The van der Waals surface area contributed by atoms with E-state index in [9.17, 15) is 0 Å². The van der Waals surface area contributed by atoms with E-state index in [2.05, 4.69) is 24.3 Å². The second-order valence-corrected chi connectivity index (χ2v) is 8.22. The van der Waals surface area contributed by atoms with E-state index in [1.807, 2.05) is 0 Å². The van der Waals surface area contributed by atoms with Crippen molar-refractivity contribution in [2.24, 2.45) is 0 Å². The van der Waals surface area contributed by atoms with Crippen LogP contribution in [0.2, 0.25) is 0 Å². The molecule has 0 saturated carbocycles. The van der Waals surface area contributed by atoms with Crippen LogP contribution in [0.15, 0.2) is 24.3 Å². The third kappa shape index (κ3) is 2.82. The van der Waals surface area contributed by atoms with Crippen LogP contribution >= 0.6 is 0 Å². The zero-order valence-electron chi connectivity index (χ0n) is 14.3. The van der Waals surface area contributed by atoms with Gasteiger partial charge in [-0.25, -0.2) is 0 Å². The van der Waals surface area contributed by atoms with Crippen molar-refractivity contribution in [2.45, 2.75) is 61.3 Å². The Kier molecular flexibility index (Phi) is 3.19. The first-order valence-corrected chi connectivity index (χ1v) is 9.51. The molecule has 0 spiro atoms. The van der Waals surface area contributed by atoms with E-state index >= 15 is 0 Å². The third-order valence-electron chi connectivity index (χ3n) is 6.20. The van der Waals surface area contributed by atoms with Gasteiger partial charge in [-0.05, 0) is 11.1 Å². The molecule has 25 heavy (non-hydrogen) atoms. The van der Waals surface area contributed by atoms with E-state index in [0.29, 0.717) is 24.4 Å². The van der Waals surface area contributed by atoms with Crippen LogP contribution in [-0.4, -0.2) is 56.4 Å². The van der Waals surface area contributed by atoms with Gasteiger partial charge in [0.25, 0.3) is 0 Å². The molecule has 0 radical (unpaired) electrons. The van der Waals surface area contributed by atoms with Gasteiger partial charge in [-0.15, -0.1) is 0 Å². The SMILES string of the molecule is c1ccc(C2(CC3CO3)OC2(CC2CO2)CC2CO2)c(CC2CO2)c1. The van der Waals surface area contributed by atoms with Crippen LogP contribution in [0.1, 0.15) is 30.4 Å². The highest BCUT2D eigenvalue weighted by Crippen LogP contribution is 2.66. The average Bonchev–Trinajstić information content (AvgIpc) is 3.44. The molecule has 5 aliphatic heterocycles. The first kappa shape index (κ1) is 15.1. The molecule has 1 aromatic rings. The lowest BCUT2D eigenvalue weighted by Crippen LogP contribution is -2.30. The van der Waals surface area contributed by atoms with E-state index in [1.54, 1.807) is 0 Å². The summed E-state index contributed by atoms with van der Waals surface area (Å²) in [5.74, 6) is 0. The van der Waals surface area contributed by atoms with E-state index in [0.717, 1.165) is 52.1 Å². The van der Waals surface area contributed by atoms with E-state index < -0.39 is 0 Å². The summed E-state index contributed by atoms with van der Waals surface area (Å²) in [6.45, 7) is 3.47. The van der Waals surface area contributed by atoms with Gasteiger partial charge >= 0.3 is 0 Å². The van der Waals surface area contributed by atoms with Gasteiger partial charge in [0.2, 0.25) is 0 Å². The maximum atomic E-state index is 6.69. The van der Waals surface area contributed by atoms with Crippen molar-refractivity contribution in [3.8, 4) is 0 Å². The third-order valence-corrected chi connectivity index (χ3v) is 6.20. The molecule has 6 rings (SSSR count). The van der Waals surface area contributed by atoms with Crippen LogP contribution in [0.3, 0.4) is 0 Å². The van der Waals surface area contributed by atoms with Gasteiger partial charge in [0.15, 0.2) is 0 Å². The van der Waals surface area contributed by atoms with Crippen LogP contribution in [0.25, 0.3) is 0 Å². The highest BCUT2D eigenvalue weighted by Gasteiger charge is 2.73. The molecule has 134 valence electrons. The monoisotopic (exact) mass is 344 g/mol. The Hall–Kier alpha value is -0.980. The van der Waals surface area contributed by atoms with Crippen molar-refractivity contribution in [1.29, 1.82) is 0 Å². The summed E-state index contributed by atoms with van der Waals surface area (Å²) in [7, 11) is 0. The van der Waals surface area contributed by atoms with Gasteiger partial charge in [-0.1, -0.05) is 24.3 Å². The maximum Gasteiger partial charge on any atom is 0.126 e. The predicted octanol–water partition coefficient (Wildman–Crippen LogP) is 1.96.